The zero-order valence-electron chi connectivity index (χ0n) is 23.0. The number of amides is 3. The molecule has 0 aliphatic carbocycles. The van der Waals surface area contributed by atoms with Crippen molar-refractivity contribution in [2.24, 2.45) is 5.92 Å². The normalized spacial score (nSPS) is 21.0. The van der Waals surface area contributed by atoms with E-state index in [0.717, 1.165) is 29.7 Å². The number of rotatable bonds is 3. The van der Waals surface area contributed by atoms with Gasteiger partial charge in [-0.05, 0) is 66.8 Å². The minimum absolute atomic E-state index is 0.0733. The van der Waals surface area contributed by atoms with Crippen molar-refractivity contribution in [3.63, 3.8) is 0 Å². The molecule has 10 nitrogen and oxygen atoms in total. The van der Waals surface area contributed by atoms with Gasteiger partial charge in [-0.15, -0.1) is 0 Å². The Morgan fingerprint density at radius 1 is 0.951 bits per heavy atom. The highest BCUT2D eigenvalue weighted by molar-refractivity contribution is 5.94. The zero-order chi connectivity index (χ0) is 28.2. The second-order valence-electron chi connectivity index (χ2n) is 10.8. The lowest BCUT2D eigenvalue weighted by molar-refractivity contribution is -0.131. The Hall–Kier alpha value is -4.34. The van der Waals surface area contributed by atoms with Crippen molar-refractivity contribution in [1.82, 2.24) is 24.9 Å². The van der Waals surface area contributed by atoms with Gasteiger partial charge in [0.1, 0.15) is 18.0 Å². The van der Waals surface area contributed by atoms with Crippen LogP contribution < -0.4 is 14.8 Å². The van der Waals surface area contributed by atoms with E-state index >= 15 is 0 Å². The van der Waals surface area contributed by atoms with Gasteiger partial charge in [0.2, 0.25) is 11.8 Å². The van der Waals surface area contributed by atoms with Crippen molar-refractivity contribution in [2.45, 2.75) is 31.7 Å². The molecular formula is C31H35N5O5. The topological polar surface area (TPSA) is 106 Å². The smallest absolute Gasteiger partial charge is 0.253 e. The first-order chi connectivity index (χ1) is 20.0. The summed E-state index contributed by atoms with van der Waals surface area (Å²) in [5, 5.41) is 7.21. The molecular weight excluding hydrogens is 522 g/mol. The quantitative estimate of drug-likeness (QED) is 0.531. The van der Waals surface area contributed by atoms with Crippen molar-refractivity contribution >= 4 is 17.7 Å². The molecule has 2 bridgehead atoms. The molecule has 41 heavy (non-hydrogen) atoms. The molecule has 6 rings (SSSR count). The van der Waals surface area contributed by atoms with E-state index in [-0.39, 0.29) is 30.2 Å². The SMILES string of the molecule is O=C1NCCN(C(=O)c2ccc3c(c2)CCCO3)CCCOc2cccc(c2)[C@H]2CN(C(=O)Cn3cccn3)C[C@H]12. The van der Waals surface area contributed by atoms with E-state index in [1.165, 1.54) is 0 Å². The molecule has 10 heteroatoms. The molecule has 3 amide bonds. The first-order valence-corrected chi connectivity index (χ1v) is 14.4. The van der Waals surface area contributed by atoms with Crippen LogP contribution in [0.1, 0.15) is 40.2 Å². The number of aromatic nitrogens is 2. The van der Waals surface area contributed by atoms with Gasteiger partial charge < -0.3 is 24.6 Å². The number of fused-ring (bicyclic) bond motifs is 5. The number of aryl methyl sites for hydroxylation is 1. The standard InChI is InChI=1S/C31H35N5O5/c37-29(21-36-13-3-10-33-36)35-19-26-22-5-1-7-25(18-22)40-16-4-12-34(14-11-32-30(38)27(26)20-35)31(39)24-8-9-28-23(17-24)6-2-15-41-28/h1,3,5,7-10,13,17-18,26-27H,2,4,6,11-12,14-16,19-21H2,(H,32,38)/t26-,27+/m1/s1. The highest BCUT2D eigenvalue weighted by Gasteiger charge is 2.40. The Balaban J connectivity index is 1.19. The van der Waals surface area contributed by atoms with Gasteiger partial charge in [-0.1, -0.05) is 12.1 Å². The average molecular weight is 558 g/mol. The van der Waals surface area contributed by atoms with Gasteiger partial charge >= 0.3 is 0 Å². The fraction of sp³-hybridized carbons (Fsp3) is 0.419. The molecule has 0 spiro atoms. The molecule has 2 atom stereocenters. The molecule has 1 aromatic heterocycles. The molecule has 2 aromatic carbocycles. The maximum Gasteiger partial charge on any atom is 0.253 e. The van der Waals surface area contributed by atoms with Crippen LogP contribution in [0.2, 0.25) is 0 Å². The van der Waals surface area contributed by atoms with Crippen molar-refractivity contribution in [3.05, 3.63) is 77.6 Å². The van der Waals surface area contributed by atoms with E-state index in [9.17, 15) is 14.4 Å². The van der Waals surface area contributed by atoms with Gasteiger partial charge in [-0.2, -0.15) is 5.10 Å². The molecule has 0 saturated carbocycles. The number of hydrogen-bond acceptors (Lipinski definition) is 6. The summed E-state index contributed by atoms with van der Waals surface area (Å²) in [6, 6.07) is 15.2. The van der Waals surface area contributed by atoms with Crippen molar-refractivity contribution < 1.29 is 23.9 Å². The third-order valence-corrected chi connectivity index (χ3v) is 8.12. The van der Waals surface area contributed by atoms with Crippen LogP contribution in [-0.4, -0.2) is 83.2 Å². The number of ether oxygens (including phenoxy) is 2. The molecule has 0 unspecified atom stereocenters. The zero-order valence-corrected chi connectivity index (χ0v) is 23.0. The minimum atomic E-state index is -0.417. The molecule has 214 valence electrons. The van der Waals surface area contributed by atoms with Crippen LogP contribution in [0.25, 0.3) is 0 Å². The summed E-state index contributed by atoms with van der Waals surface area (Å²) in [5.74, 6) is 0.708. The molecule has 1 fully saturated rings. The van der Waals surface area contributed by atoms with Gasteiger partial charge in [0.05, 0.1) is 19.1 Å². The largest absolute Gasteiger partial charge is 0.494 e. The van der Waals surface area contributed by atoms with Crippen LogP contribution in [0.3, 0.4) is 0 Å². The molecule has 1 saturated heterocycles. The van der Waals surface area contributed by atoms with E-state index in [2.05, 4.69) is 10.4 Å². The number of likely N-dealkylation sites (tertiary alicyclic amines) is 1. The summed E-state index contributed by atoms with van der Waals surface area (Å²) in [6.45, 7) is 3.25. The van der Waals surface area contributed by atoms with Crippen LogP contribution in [0.15, 0.2) is 60.9 Å². The van der Waals surface area contributed by atoms with Gasteiger partial charge in [-0.25, -0.2) is 0 Å². The van der Waals surface area contributed by atoms with Gasteiger partial charge in [0.15, 0.2) is 0 Å². The lowest BCUT2D eigenvalue weighted by Gasteiger charge is -2.26. The van der Waals surface area contributed by atoms with E-state index in [4.69, 9.17) is 9.47 Å². The summed E-state index contributed by atoms with van der Waals surface area (Å²) in [6.07, 6.45) is 5.88. The molecule has 0 radical (unpaired) electrons. The summed E-state index contributed by atoms with van der Waals surface area (Å²) >= 11 is 0. The second-order valence-corrected chi connectivity index (χ2v) is 10.8. The molecule has 3 aliphatic rings. The highest BCUT2D eigenvalue weighted by Crippen LogP contribution is 2.35. The van der Waals surface area contributed by atoms with Gasteiger partial charge in [0, 0.05) is 56.6 Å². The maximum atomic E-state index is 13.6. The number of benzene rings is 2. The number of nitrogens with one attached hydrogen (secondary N) is 1. The fourth-order valence-corrected chi connectivity index (χ4v) is 5.96. The van der Waals surface area contributed by atoms with Crippen molar-refractivity contribution in [3.8, 4) is 11.5 Å². The van der Waals surface area contributed by atoms with Crippen LogP contribution >= 0.6 is 0 Å². The monoisotopic (exact) mass is 557 g/mol. The Kier molecular flexibility index (Phi) is 7.89. The van der Waals surface area contributed by atoms with E-state index in [1.54, 1.807) is 32.9 Å². The van der Waals surface area contributed by atoms with E-state index in [1.807, 2.05) is 42.5 Å². The average Bonchev–Trinajstić information content (AvgIpc) is 3.68. The fourth-order valence-electron chi connectivity index (χ4n) is 5.96. The molecule has 3 aromatic rings. The number of hydrogen-bond donors (Lipinski definition) is 1. The Bertz CT molecular complexity index is 1410. The van der Waals surface area contributed by atoms with Crippen LogP contribution in [0.5, 0.6) is 11.5 Å². The highest BCUT2D eigenvalue weighted by atomic mass is 16.5. The van der Waals surface area contributed by atoms with E-state index in [0.29, 0.717) is 63.7 Å². The third-order valence-electron chi connectivity index (χ3n) is 8.12. The minimum Gasteiger partial charge on any atom is -0.494 e. The number of carbonyl (C=O) groups excluding carboxylic acids is 3. The molecule has 3 aliphatic heterocycles. The van der Waals surface area contributed by atoms with Gasteiger partial charge in [-0.3, -0.25) is 19.1 Å². The summed E-state index contributed by atoms with van der Waals surface area (Å²) in [7, 11) is 0. The Morgan fingerprint density at radius 3 is 2.71 bits per heavy atom. The van der Waals surface area contributed by atoms with Gasteiger partial charge in [0.25, 0.3) is 5.91 Å². The first-order valence-electron chi connectivity index (χ1n) is 14.4. The Morgan fingerprint density at radius 2 is 1.83 bits per heavy atom. The lowest BCUT2D eigenvalue weighted by Crippen LogP contribution is -2.42. The van der Waals surface area contributed by atoms with Crippen LogP contribution in [0.4, 0.5) is 0 Å². The number of nitrogens with zero attached hydrogens (tertiary/aromatic N) is 4. The van der Waals surface area contributed by atoms with Crippen LogP contribution in [-0.2, 0) is 22.6 Å². The Labute approximate surface area is 239 Å². The molecule has 1 N–H and O–H groups in total. The maximum absolute atomic E-state index is 13.6. The summed E-state index contributed by atoms with van der Waals surface area (Å²) < 4.78 is 13.4. The number of carbonyl (C=O) groups is 3. The van der Waals surface area contributed by atoms with E-state index < -0.39 is 5.92 Å². The van der Waals surface area contributed by atoms with Crippen molar-refractivity contribution in [2.75, 3.05) is 45.9 Å². The predicted molar refractivity (Wildman–Crippen MR) is 151 cm³/mol. The lowest BCUT2D eigenvalue weighted by atomic mass is 9.88. The van der Waals surface area contributed by atoms with Crippen molar-refractivity contribution in [1.29, 1.82) is 0 Å². The second kappa shape index (κ2) is 12.0. The molecule has 4 heterocycles. The summed E-state index contributed by atoms with van der Waals surface area (Å²) in [5.41, 5.74) is 2.65. The van der Waals surface area contributed by atoms with Crippen LogP contribution in [0, 0.1) is 5.92 Å². The third kappa shape index (κ3) is 6.06. The summed E-state index contributed by atoms with van der Waals surface area (Å²) in [4.78, 5) is 43.7. The predicted octanol–water partition coefficient (Wildman–Crippen LogP) is 2.49. The first kappa shape index (κ1) is 26.9.